The summed E-state index contributed by atoms with van der Waals surface area (Å²) in [6.07, 6.45) is 45.4. The van der Waals surface area contributed by atoms with Crippen molar-refractivity contribution in [3.63, 3.8) is 0 Å². The Morgan fingerprint density at radius 2 is 0.526 bits per heavy atom. The van der Waals surface area contributed by atoms with E-state index in [0.717, 1.165) is 0 Å². The lowest BCUT2D eigenvalue weighted by molar-refractivity contribution is 0.513. The molecule has 0 saturated heterocycles. The highest BCUT2D eigenvalue weighted by atomic mass is 14.0. The van der Waals surface area contributed by atoms with Gasteiger partial charge >= 0.3 is 0 Å². The van der Waals surface area contributed by atoms with E-state index < -0.39 is 0 Å². The Kier molecular flexibility index (Phi) is 28.5. The average molecular weight is 527 g/mol. The van der Waals surface area contributed by atoms with Crippen LogP contribution < -0.4 is 0 Å². The largest absolute Gasteiger partial charge is 0.0654 e. The van der Waals surface area contributed by atoms with E-state index in [1.807, 2.05) is 0 Å². The summed E-state index contributed by atoms with van der Waals surface area (Å²) in [7, 11) is 0. The van der Waals surface area contributed by atoms with Gasteiger partial charge in [0.25, 0.3) is 0 Å². The second-order valence-corrected chi connectivity index (χ2v) is 12.5. The Labute approximate surface area is 241 Å². The summed E-state index contributed by atoms with van der Waals surface area (Å²) >= 11 is 0. The zero-order valence-electron chi connectivity index (χ0n) is 26.3. The molecule has 38 heavy (non-hydrogen) atoms. The predicted molar refractivity (Wildman–Crippen MR) is 174 cm³/mol. The van der Waals surface area contributed by atoms with Gasteiger partial charge in [-0.3, -0.25) is 0 Å². The van der Waals surface area contributed by atoms with Crippen LogP contribution in [0.3, 0.4) is 0 Å². The standard InChI is InChI=1S/C38H70/c1-2-3-4-5-6-7-8-9-10-11-12-13-14-15-16-17-18-19-20-21-22-23-24-25-26-27-28-29-30-32-35-38-36-33-31-34-37-38/h31,33-34,36-37H,2-30,32,35H2,1H3. The smallest absolute Gasteiger partial charge is 0.0279 e. The maximum atomic E-state index is 2.31. The van der Waals surface area contributed by atoms with Crippen LogP contribution in [0.15, 0.2) is 30.3 Å². The molecule has 0 aromatic heterocycles. The molecule has 0 bridgehead atoms. The Bertz CT molecular complexity index is 532. The molecule has 0 nitrogen and oxygen atoms in total. The van der Waals surface area contributed by atoms with Gasteiger partial charge < -0.3 is 0 Å². The minimum atomic E-state index is 1.26. The van der Waals surface area contributed by atoms with Gasteiger partial charge in [-0.15, -0.1) is 0 Å². The maximum absolute atomic E-state index is 2.31. The van der Waals surface area contributed by atoms with Gasteiger partial charge in [-0.1, -0.05) is 223 Å². The fourth-order valence-corrected chi connectivity index (χ4v) is 6.00. The van der Waals surface area contributed by atoms with Crippen molar-refractivity contribution in [2.75, 3.05) is 0 Å². The van der Waals surface area contributed by atoms with Crippen LogP contribution in [0.2, 0.25) is 0 Å². The van der Waals surface area contributed by atoms with Crippen LogP contribution in [0.4, 0.5) is 0 Å². The predicted octanol–water partition coefficient (Wildman–Crippen LogP) is 14.0. The second-order valence-electron chi connectivity index (χ2n) is 12.5. The number of hydrogen-bond donors (Lipinski definition) is 0. The molecule has 0 aliphatic heterocycles. The highest BCUT2D eigenvalue weighted by Crippen LogP contribution is 2.17. The van der Waals surface area contributed by atoms with Crippen molar-refractivity contribution in [3.8, 4) is 0 Å². The van der Waals surface area contributed by atoms with E-state index in [1.165, 1.54) is 205 Å². The molecule has 1 rings (SSSR count). The molecule has 0 radical (unpaired) electrons. The first-order valence-electron chi connectivity index (χ1n) is 18.0. The van der Waals surface area contributed by atoms with E-state index in [2.05, 4.69) is 37.3 Å². The summed E-state index contributed by atoms with van der Waals surface area (Å²) in [5.41, 5.74) is 1.51. The van der Waals surface area contributed by atoms with E-state index in [4.69, 9.17) is 0 Å². The summed E-state index contributed by atoms with van der Waals surface area (Å²) in [5.74, 6) is 0. The van der Waals surface area contributed by atoms with E-state index in [9.17, 15) is 0 Å². The van der Waals surface area contributed by atoms with Crippen LogP contribution >= 0.6 is 0 Å². The molecule has 0 heteroatoms. The molecule has 0 unspecified atom stereocenters. The van der Waals surface area contributed by atoms with Crippen molar-refractivity contribution in [1.29, 1.82) is 0 Å². The first kappa shape index (κ1) is 35.2. The monoisotopic (exact) mass is 527 g/mol. The lowest BCUT2D eigenvalue weighted by Gasteiger charge is -2.05. The SMILES string of the molecule is CCCCCCCCCCCCCCCCCCCCCCCCCCCCCCCCc1ccccc1. The third-order valence-electron chi connectivity index (χ3n) is 8.66. The fourth-order valence-electron chi connectivity index (χ4n) is 6.00. The van der Waals surface area contributed by atoms with Gasteiger partial charge in [-0.25, -0.2) is 0 Å². The van der Waals surface area contributed by atoms with Gasteiger partial charge in [-0.05, 0) is 18.4 Å². The first-order valence-corrected chi connectivity index (χ1v) is 18.0. The topological polar surface area (TPSA) is 0 Å². The van der Waals surface area contributed by atoms with Crippen molar-refractivity contribution in [2.24, 2.45) is 0 Å². The molecule has 0 atom stereocenters. The summed E-state index contributed by atoms with van der Waals surface area (Å²) < 4.78 is 0. The Balaban J connectivity index is 1.62. The molecule has 0 spiro atoms. The van der Waals surface area contributed by atoms with Gasteiger partial charge in [0, 0.05) is 0 Å². The van der Waals surface area contributed by atoms with Crippen LogP contribution in [0, 0.1) is 0 Å². The van der Waals surface area contributed by atoms with Crippen LogP contribution in [-0.2, 0) is 6.42 Å². The number of aryl methyl sites for hydroxylation is 1. The van der Waals surface area contributed by atoms with Gasteiger partial charge in [0.2, 0.25) is 0 Å². The quantitative estimate of drug-likeness (QED) is 0.0844. The molecule has 0 aliphatic rings. The molecule has 1 aromatic rings. The van der Waals surface area contributed by atoms with E-state index in [-0.39, 0.29) is 0 Å². The van der Waals surface area contributed by atoms with Crippen LogP contribution in [0.1, 0.15) is 205 Å². The average Bonchev–Trinajstić information content (AvgIpc) is 2.94. The first-order chi connectivity index (χ1) is 18.9. The molecular formula is C38H70. The molecule has 0 amide bonds. The summed E-state index contributed by atoms with van der Waals surface area (Å²) in [6, 6.07) is 11.0. The number of unbranched alkanes of at least 4 members (excludes halogenated alkanes) is 29. The molecule has 1 aromatic carbocycles. The minimum Gasteiger partial charge on any atom is -0.0654 e. The van der Waals surface area contributed by atoms with Crippen LogP contribution in [-0.4, -0.2) is 0 Å². The zero-order chi connectivity index (χ0) is 27.0. The zero-order valence-corrected chi connectivity index (χ0v) is 26.3. The molecule has 0 aliphatic carbocycles. The lowest BCUT2D eigenvalue weighted by atomic mass is 10.0. The molecule has 222 valence electrons. The number of hydrogen-bond acceptors (Lipinski definition) is 0. The van der Waals surface area contributed by atoms with Gasteiger partial charge in [-0.2, -0.15) is 0 Å². The lowest BCUT2D eigenvalue weighted by Crippen LogP contribution is -1.86. The van der Waals surface area contributed by atoms with Crippen LogP contribution in [0.25, 0.3) is 0 Å². The normalized spacial score (nSPS) is 11.4. The Morgan fingerprint density at radius 3 is 0.789 bits per heavy atom. The Morgan fingerprint density at radius 1 is 0.289 bits per heavy atom. The van der Waals surface area contributed by atoms with E-state index in [0.29, 0.717) is 0 Å². The van der Waals surface area contributed by atoms with E-state index >= 15 is 0 Å². The maximum Gasteiger partial charge on any atom is -0.0279 e. The van der Waals surface area contributed by atoms with Crippen LogP contribution in [0.5, 0.6) is 0 Å². The van der Waals surface area contributed by atoms with Gasteiger partial charge in [0.1, 0.15) is 0 Å². The Hall–Kier alpha value is -0.780. The summed E-state index contributed by atoms with van der Waals surface area (Å²) in [5, 5.41) is 0. The number of rotatable bonds is 31. The van der Waals surface area contributed by atoms with E-state index in [1.54, 1.807) is 0 Å². The van der Waals surface area contributed by atoms with Crippen molar-refractivity contribution < 1.29 is 0 Å². The highest BCUT2D eigenvalue weighted by Gasteiger charge is 1.97. The third kappa shape index (κ3) is 26.8. The van der Waals surface area contributed by atoms with Crippen molar-refractivity contribution in [1.82, 2.24) is 0 Å². The minimum absolute atomic E-state index is 1.26. The number of benzene rings is 1. The fraction of sp³-hybridized carbons (Fsp3) is 0.842. The third-order valence-corrected chi connectivity index (χ3v) is 8.66. The summed E-state index contributed by atoms with van der Waals surface area (Å²) in [4.78, 5) is 0. The highest BCUT2D eigenvalue weighted by molar-refractivity contribution is 5.14. The van der Waals surface area contributed by atoms with Crippen molar-refractivity contribution in [2.45, 2.75) is 206 Å². The van der Waals surface area contributed by atoms with Gasteiger partial charge in [0.15, 0.2) is 0 Å². The van der Waals surface area contributed by atoms with Gasteiger partial charge in [0.05, 0.1) is 0 Å². The van der Waals surface area contributed by atoms with Crippen molar-refractivity contribution >= 4 is 0 Å². The summed E-state index contributed by atoms with van der Waals surface area (Å²) in [6.45, 7) is 2.31. The molecule has 0 saturated carbocycles. The molecule has 0 N–H and O–H groups in total. The molecule has 0 fully saturated rings. The molecule has 0 heterocycles. The molecular weight excluding hydrogens is 456 g/mol. The van der Waals surface area contributed by atoms with Crippen molar-refractivity contribution in [3.05, 3.63) is 35.9 Å². The second kappa shape index (κ2) is 30.8.